The maximum Gasteiger partial charge on any atom is 0.338 e. The van der Waals surface area contributed by atoms with Gasteiger partial charge in [0.15, 0.2) is 5.65 Å². The van der Waals surface area contributed by atoms with E-state index >= 15 is 0 Å². The zero-order valence-electron chi connectivity index (χ0n) is 12.6. The first-order valence-corrected chi connectivity index (χ1v) is 7.46. The molecule has 0 amide bonds. The third kappa shape index (κ3) is 2.42. The summed E-state index contributed by atoms with van der Waals surface area (Å²) in [6.07, 6.45) is 1.46. The van der Waals surface area contributed by atoms with Gasteiger partial charge in [0.1, 0.15) is 11.3 Å². The minimum atomic E-state index is -1.01. The molecule has 5 heteroatoms. The molecule has 0 aliphatic rings. The molecule has 2 aromatic carbocycles. The summed E-state index contributed by atoms with van der Waals surface area (Å²) >= 11 is 0. The highest BCUT2D eigenvalue weighted by atomic mass is 16.4. The Kier molecular flexibility index (Phi) is 3.31. The Bertz CT molecular complexity index is 1020. The lowest BCUT2D eigenvalue weighted by molar-refractivity contribution is 0.0698. The van der Waals surface area contributed by atoms with E-state index in [1.165, 1.54) is 12.3 Å². The van der Waals surface area contributed by atoms with Crippen molar-refractivity contribution in [3.8, 4) is 22.5 Å². The molecule has 2 aromatic heterocycles. The smallest absolute Gasteiger partial charge is 0.338 e. The third-order valence-electron chi connectivity index (χ3n) is 3.88. The number of nitrogens with one attached hydrogen (secondary N) is 1. The van der Waals surface area contributed by atoms with Crippen molar-refractivity contribution in [2.45, 2.75) is 0 Å². The van der Waals surface area contributed by atoms with Crippen molar-refractivity contribution in [2.24, 2.45) is 0 Å². The van der Waals surface area contributed by atoms with E-state index in [1.54, 1.807) is 0 Å². The monoisotopic (exact) mass is 315 g/mol. The van der Waals surface area contributed by atoms with E-state index < -0.39 is 5.97 Å². The lowest BCUT2D eigenvalue weighted by Crippen LogP contribution is -1.97. The van der Waals surface area contributed by atoms with E-state index in [0.29, 0.717) is 17.0 Å². The zero-order chi connectivity index (χ0) is 16.5. The summed E-state index contributed by atoms with van der Waals surface area (Å²) < 4.78 is 0. The Morgan fingerprint density at radius 2 is 1.54 bits per heavy atom. The van der Waals surface area contributed by atoms with Gasteiger partial charge in [0.05, 0.1) is 5.56 Å². The van der Waals surface area contributed by atoms with Crippen molar-refractivity contribution < 1.29 is 9.90 Å². The predicted octanol–water partition coefficient (Wildman–Crippen LogP) is 3.99. The number of hydrogen-bond acceptors (Lipinski definition) is 3. The van der Waals surface area contributed by atoms with E-state index in [-0.39, 0.29) is 5.56 Å². The Morgan fingerprint density at radius 3 is 2.25 bits per heavy atom. The molecule has 0 atom stereocenters. The quantitative estimate of drug-likeness (QED) is 0.599. The molecule has 0 unspecified atom stereocenters. The molecular formula is C19H13N3O2. The fourth-order valence-corrected chi connectivity index (χ4v) is 2.67. The molecule has 2 heterocycles. The fourth-order valence-electron chi connectivity index (χ4n) is 2.67. The van der Waals surface area contributed by atoms with Gasteiger partial charge in [0, 0.05) is 11.8 Å². The normalized spacial score (nSPS) is 10.8. The second-order valence-corrected chi connectivity index (χ2v) is 5.39. The summed E-state index contributed by atoms with van der Waals surface area (Å²) in [4.78, 5) is 22.9. The first kappa shape index (κ1) is 14.1. The van der Waals surface area contributed by atoms with Gasteiger partial charge in [-0.05, 0) is 17.2 Å². The number of carbonyl (C=O) groups is 1. The minimum absolute atomic E-state index is 0.142. The van der Waals surface area contributed by atoms with Crippen LogP contribution in [0.1, 0.15) is 10.4 Å². The average Bonchev–Trinajstić information content (AvgIpc) is 3.06. The van der Waals surface area contributed by atoms with Crippen LogP contribution in [0.4, 0.5) is 0 Å². The van der Waals surface area contributed by atoms with E-state index in [9.17, 15) is 9.90 Å². The lowest BCUT2D eigenvalue weighted by atomic mass is 10.0. The Morgan fingerprint density at radius 1 is 0.875 bits per heavy atom. The van der Waals surface area contributed by atoms with Gasteiger partial charge in [-0.3, -0.25) is 0 Å². The van der Waals surface area contributed by atoms with E-state index in [0.717, 1.165) is 16.7 Å². The van der Waals surface area contributed by atoms with Crippen molar-refractivity contribution in [1.29, 1.82) is 0 Å². The topological polar surface area (TPSA) is 78.9 Å². The first-order valence-electron chi connectivity index (χ1n) is 7.46. The van der Waals surface area contributed by atoms with Crippen molar-refractivity contribution in [1.82, 2.24) is 15.0 Å². The van der Waals surface area contributed by atoms with Crippen LogP contribution in [-0.4, -0.2) is 26.0 Å². The Labute approximate surface area is 137 Å². The first-order chi connectivity index (χ1) is 11.7. The second kappa shape index (κ2) is 5.62. The van der Waals surface area contributed by atoms with Gasteiger partial charge in [-0.2, -0.15) is 0 Å². The summed E-state index contributed by atoms with van der Waals surface area (Å²) in [5.74, 6) is -0.411. The third-order valence-corrected chi connectivity index (χ3v) is 3.88. The maximum absolute atomic E-state index is 11.3. The SMILES string of the molecule is O=C(O)c1ccnc2[nH]c(-c3ccc(-c4ccccc4)cc3)nc12. The predicted molar refractivity (Wildman–Crippen MR) is 91.7 cm³/mol. The molecule has 0 radical (unpaired) electrons. The molecule has 0 saturated carbocycles. The van der Waals surface area contributed by atoms with Gasteiger partial charge in [-0.1, -0.05) is 54.6 Å². The molecule has 0 saturated heterocycles. The summed E-state index contributed by atoms with van der Waals surface area (Å²) in [7, 11) is 0. The molecule has 24 heavy (non-hydrogen) atoms. The van der Waals surface area contributed by atoms with Gasteiger partial charge in [-0.15, -0.1) is 0 Å². The largest absolute Gasteiger partial charge is 0.478 e. The van der Waals surface area contributed by atoms with Crippen LogP contribution in [0.5, 0.6) is 0 Å². The number of nitrogens with zero attached hydrogens (tertiary/aromatic N) is 2. The number of imidazole rings is 1. The molecule has 0 aliphatic carbocycles. The number of aromatic carboxylic acids is 1. The van der Waals surface area contributed by atoms with Crippen LogP contribution < -0.4 is 0 Å². The van der Waals surface area contributed by atoms with Crippen LogP contribution in [0.15, 0.2) is 66.9 Å². The standard InChI is InChI=1S/C19H13N3O2/c23-19(24)15-10-11-20-18-16(15)21-17(22-18)14-8-6-13(7-9-14)12-4-2-1-3-5-12/h1-11H,(H,23,24)(H,20,21,22). The molecular weight excluding hydrogens is 302 g/mol. The number of hydrogen-bond donors (Lipinski definition) is 2. The van der Waals surface area contributed by atoms with Crippen LogP contribution in [0, 0.1) is 0 Å². The van der Waals surface area contributed by atoms with Crippen LogP contribution in [0.25, 0.3) is 33.7 Å². The minimum Gasteiger partial charge on any atom is -0.478 e. The summed E-state index contributed by atoms with van der Waals surface area (Å²) in [5, 5.41) is 9.24. The Hall–Kier alpha value is -3.47. The number of rotatable bonds is 3. The van der Waals surface area contributed by atoms with E-state index in [4.69, 9.17) is 0 Å². The number of aromatic nitrogens is 3. The summed E-state index contributed by atoms with van der Waals surface area (Å²) in [6, 6.07) is 19.5. The van der Waals surface area contributed by atoms with Gasteiger partial charge in [0.25, 0.3) is 0 Å². The number of pyridine rings is 1. The molecule has 116 valence electrons. The fraction of sp³-hybridized carbons (Fsp3) is 0. The van der Waals surface area contributed by atoms with Crippen molar-refractivity contribution in [2.75, 3.05) is 0 Å². The van der Waals surface area contributed by atoms with Crippen molar-refractivity contribution >= 4 is 17.1 Å². The molecule has 5 nitrogen and oxygen atoms in total. The van der Waals surface area contributed by atoms with E-state index in [2.05, 4.69) is 27.1 Å². The molecule has 2 N–H and O–H groups in total. The van der Waals surface area contributed by atoms with Crippen LogP contribution in [0.3, 0.4) is 0 Å². The highest BCUT2D eigenvalue weighted by molar-refractivity contribution is 6.00. The Balaban J connectivity index is 1.75. The summed E-state index contributed by atoms with van der Waals surface area (Å²) in [5.41, 5.74) is 4.11. The molecule has 0 aliphatic heterocycles. The molecule has 4 aromatic rings. The van der Waals surface area contributed by atoms with Gasteiger partial charge < -0.3 is 10.1 Å². The van der Waals surface area contributed by atoms with Crippen LogP contribution >= 0.6 is 0 Å². The number of fused-ring (bicyclic) bond motifs is 1. The number of benzene rings is 2. The maximum atomic E-state index is 11.3. The average molecular weight is 315 g/mol. The highest BCUT2D eigenvalue weighted by Gasteiger charge is 2.14. The number of H-pyrrole nitrogens is 1. The van der Waals surface area contributed by atoms with Crippen LogP contribution in [0.2, 0.25) is 0 Å². The highest BCUT2D eigenvalue weighted by Crippen LogP contribution is 2.25. The van der Waals surface area contributed by atoms with Crippen LogP contribution in [-0.2, 0) is 0 Å². The van der Waals surface area contributed by atoms with Crippen molar-refractivity contribution in [3.05, 3.63) is 72.4 Å². The number of carboxylic acid groups (broad SMARTS) is 1. The molecule has 0 fully saturated rings. The lowest BCUT2D eigenvalue weighted by Gasteiger charge is -2.02. The number of aromatic amines is 1. The van der Waals surface area contributed by atoms with Crippen molar-refractivity contribution in [3.63, 3.8) is 0 Å². The van der Waals surface area contributed by atoms with Gasteiger partial charge in [0.2, 0.25) is 0 Å². The molecule has 4 rings (SSSR count). The van der Waals surface area contributed by atoms with Gasteiger partial charge >= 0.3 is 5.97 Å². The number of carboxylic acids is 1. The molecule has 0 bridgehead atoms. The molecule has 0 spiro atoms. The summed E-state index contributed by atoms with van der Waals surface area (Å²) in [6.45, 7) is 0. The second-order valence-electron chi connectivity index (χ2n) is 5.39. The van der Waals surface area contributed by atoms with Gasteiger partial charge in [-0.25, -0.2) is 14.8 Å². The van der Waals surface area contributed by atoms with E-state index in [1.807, 2.05) is 42.5 Å². The zero-order valence-corrected chi connectivity index (χ0v) is 12.6.